The van der Waals surface area contributed by atoms with E-state index in [1.165, 1.54) is 6.33 Å². The van der Waals surface area contributed by atoms with Gasteiger partial charge in [-0.25, -0.2) is 14.4 Å². The van der Waals surface area contributed by atoms with Gasteiger partial charge in [-0.2, -0.15) is 0 Å². The molecule has 2 unspecified atom stereocenters. The highest BCUT2D eigenvalue weighted by Crippen LogP contribution is 2.43. The fraction of sp³-hybridized carbons (Fsp3) is 0.393. The first-order valence-electron chi connectivity index (χ1n) is 12.9. The number of nitrogens with two attached hydrogens (primary N) is 1. The highest BCUT2D eigenvalue weighted by atomic mass is 32.1. The SMILES string of the molecule is COc1cc(C)cc2cc(-c3cn(C4CCN(C(=O)/C=C/CN5CCC(F)C5)C4)c4ncnc(N)c34)sc12. The number of carbonyl (C=O) groups excluding carboxylic acids is 1. The van der Waals surface area contributed by atoms with Crippen LogP contribution in [0.2, 0.25) is 0 Å². The van der Waals surface area contributed by atoms with Gasteiger partial charge in [-0.3, -0.25) is 9.69 Å². The number of rotatable bonds is 6. The third-order valence-corrected chi connectivity index (χ3v) is 8.76. The van der Waals surface area contributed by atoms with Crippen LogP contribution in [-0.2, 0) is 4.79 Å². The van der Waals surface area contributed by atoms with Crippen LogP contribution in [0.25, 0.3) is 31.6 Å². The van der Waals surface area contributed by atoms with Gasteiger partial charge in [0.1, 0.15) is 29.7 Å². The van der Waals surface area contributed by atoms with Crippen molar-refractivity contribution in [1.82, 2.24) is 24.3 Å². The first-order chi connectivity index (χ1) is 18.4. The molecule has 10 heteroatoms. The third kappa shape index (κ3) is 4.52. The van der Waals surface area contributed by atoms with Crippen LogP contribution in [0.1, 0.15) is 24.4 Å². The number of nitrogen functional groups attached to an aromatic ring is 1. The topological polar surface area (TPSA) is 89.5 Å². The molecular weight excluding hydrogens is 503 g/mol. The van der Waals surface area contributed by atoms with Crippen molar-refractivity contribution in [2.75, 3.05) is 45.6 Å². The van der Waals surface area contributed by atoms with Crippen molar-refractivity contribution in [3.63, 3.8) is 0 Å². The van der Waals surface area contributed by atoms with Crippen molar-refractivity contribution < 1.29 is 13.9 Å². The summed E-state index contributed by atoms with van der Waals surface area (Å²) in [6.45, 7) is 5.11. The van der Waals surface area contributed by atoms with Gasteiger partial charge in [0.05, 0.1) is 23.2 Å². The lowest BCUT2D eigenvalue weighted by Gasteiger charge is -2.16. The maximum absolute atomic E-state index is 13.4. The zero-order chi connectivity index (χ0) is 26.4. The fourth-order valence-electron chi connectivity index (χ4n) is 5.65. The second kappa shape index (κ2) is 9.99. The maximum Gasteiger partial charge on any atom is 0.246 e. The summed E-state index contributed by atoms with van der Waals surface area (Å²) in [6, 6.07) is 6.45. The third-order valence-electron chi connectivity index (χ3n) is 7.56. The Kier molecular flexibility index (Phi) is 6.53. The van der Waals surface area contributed by atoms with E-state index in [9.17, 15) is 9.18 Å². The van der Waals surface area contributed by atoms with E-state index >= 15 is 0 Å². The van der Waals surface area contributed by atoms with Gasteiger partial charge < -0.3 is 19.9 Å². The minimum Gasteiger partial charge on any atom is -0.495 e. The number of fused-ring (bicyclic) bond motifs is 2. The van der Waals surface area contributed by atoms with Crippen molar-refractivity contribution in [2.24, 2.45) is 0 Å². The van der Waals surface area contributed by atoms with Crippen molar-refractivity contribution >= 4 is 44.2 Å². The van der Waals surface area contributed by atoms with Crippen LogP contribution in [0, 0.1) is 6.92 Å². The number of alkyl halides is 1. The number of aryl methyl sites for hydroxylation is 1. The molecule has 5 heterocycles. The monoisotopic (exact) mass is 534 g/mol. The van der Waals surface area contributed by atoms with E-state index in [0.717, 1.165) is 55.8 Å². The van der Waals surface area contributed by atoms with Crippen LogP contribution in [0.4, 0.5) is 10.2 Å². The number of benzene rings is 1. The van der Waals surface area contributed by atoms with Crippen molar-refractivity contribution in [1.29, 1.82) is 0 Å². The molecule has 4 aromatic rings. The van der Waals surface area contributed by atoms with E-state index in [1.807, 2.05) is 21.9 Å². The average molecular weight is 535 g/mol. The van der Waals surface area contributed by atoms with Gasteiger partial charge >= 0.3 is 0 Å². The Labute approximate surface area is 224 Å². The van der Waals surface area contributed by atoms with Gasteiger partial charge in [-0.1, -0.05) is 12.1 Å². The van der Waals surface area contributed by atoms with Crippen molar-refractivity contribution in [3.05, 3.63) is 48.4 Å². The van der Waals surface area contributed by atoms with E-state index in [1.54, 1.807) is 24.5 Å². The molecule has 2 N–H and O–H groups in total. The number of methoxy groups -OCH3 is 1. The largest absolute Gasteiger partial charge is 0.495 e. The van der Waals surface area contributed by atoms with Crippen LogP contribution in [0.15, 0.2) is 42.9 Å². The number of ether oxygens (including phenoxy) is 1. The summed E-state index contributed by atoms with van der Waals surface area (Å²) >= 11 is 1.66. The van der Waals surface area contributed by atoms with Gasteiger partial charge in [0.25, 0.3) is 0 Å². The first-order valence-corrected chi connectivity index (χ1v) is 13.7. The van der Waals surface area contributed by atoms with Crippen LogP contribution < -0.4 is 10.5 Å². The Morgan fingerprint density at radius 2 is 2.11 bits per heavy atom. The van der Waals surface area contributed by atoms with E-state index in [-0.39, 0.29) is 11.9 Å². The van der Waals surface area contributed by atoms with Crippen molar-refractivity contribution in [3.8, 4) is 16.2 Å². The molecule has 1 amide bonds. The van der Waals surface area contributed by atoms with Crippen LogP contribution in [0.3, 0.4) is 0 Å². The number of aromatic nitrogens is 3. The highest BCUT2D eigenvalue weighted by Gasteiger charge is 2.29. The summed E-state index contributed by atoms with van der Waals surface area (Å²) in [5.74, 6) is 1.29. The van der Waals surface area contributed by atoms with Crippen molar-refractivity contribution in [2.45, 2.75) is 32.0 Å². The Hall–Kier alpha value is -3.50. The molecule has 2 aliphatic rings. The maximum atomic E-state index is 13.4. The highest BCUT2D eigenvalue weighted by molar-refractivity contribution is 7.22. The molecule has 198 valence electrons. The number of anilines is 1. The van der Waals surface area contributed by atoms with E-state index in [4.69, 9.17) is 10.5 Å². The second-order valence-electron chi connectivity index (χ2n) is 10.2. The number of thiophene rings is 1. The van der Waals surface area contributed by atoms with E-state index in [0.29, 0.717) is 38.4 Å². The number of amides is 1. The summed E-state index contributed by atoms with van der Waals surface area (Å²) < 4.78 is 22.3. The molecule has 0 saturated carbocycles. The number of carbonyl (C=O) groups is 1. The molecule has 0 radical (unpaired) electrons. The van der Waals surface area contributed by atoms with E-state index in [2.05, 4.69) is 39.8 Å². The molecule has 38 heavy (non-hydrogen) atoms. The molecule has 0 spiro atoms. The van der Waals surface area contributed by atoms with Gasteiger partial charge in [0.2, 0.25) is 5.91 Å². The molecule has 2 aliphatic heterocycles. The number of likely N-dealkylation sites (tertiary alicyclic amines) is 2. The predicted molar refractivity (Wildman–Crippen MR) is 149 cm³/mol. The number of hydrogen-bond donors (Lipinski definition) is 1. The molecule has 6 rings (SSSR count). The number of halogens is 1. The summed E-state index contributed by atoms with van der Waals surface area (Å²) in [5.41, 5.74) is 9.29. The number of nitrogens with zero attached hydrogens (tertiary/aromatic N) is 5. The smallest absolute Gasteiger partial charge is 0.246 e. The first kappa shape index (κ1) is 24.8. The van der Waals surface area contributed by atoms with Gasteiger partial charge in [0, 0.05) is 55.4 Å². The normalized spacial score (nSPS) is 20.4. The lowest BCUT2D eigenvalue weighted by molar-refractivity contribution is -0.125. The summed E-state index contributed by atoms with van der Waals surface area (Å²) in [4.78, 5) is 26.7. The fourth-order valence-corrected chi connectivity index (χ4v) is 6.80. The Morgan fingerprint density at radius 1 is 1.24 bits per heavy atom. The quantitative estimate of drug-likeness (QED) is 0.364. The summed E-state index contributed by atoms with van der Waals surface area (Å²) in [6.07, 6.45) is 7.72. The zero-order valence-corrected chi connectivity index (χ0v) is 22.4. The van der Waals surface area contributed by atoms with Crippen LogP contribution in [-0.4, -0.2) is 76.2 Å². The zero-order valence-electron chi connectivity index (χ0n) is 21.6. The van der Waals surface area contributed by atoms with Crippen LogP contribution >= 0.6 is 11.3 Å². The number of hydrogen-bond acceptors (Lipinski definition) is 7. The van der Waals surface area contributed by atoms with Gasteiger partial charge in [-0.15, -0.1) is 11.3 Å². The molecule has 2 fully saturated rings. The molecule has 2 atom stereocenters. The molecule has 8 nitrogen and oxygen atoms in total. The lowest BCUT2D eigenvalue weighted by Crippen LogP contribution is -2.28. The lowest BCUT2D eigenvalue weighted by atomic mass is 10.1. The molecular formula is C28H31FN6O2S. The summed E-state index contributed by atoms with van der Waals surface area (Å²) in [7, 11) is 1.69. The predicted octanol–water partition coefficient (Wildman–Crippen LogP) is 4.59. The molecule has 3 aromatic heterocycles. The standard InChI is InChI=1S/C28H31FN6O2S/c1-17-10-18-12-23(38-26(18)22(11-17)37-2)21-15-35(28-25(21)27(30)31-16-32-28)20-6-9-34(14-20)24(36)4-3-7-33-8-5-19(29)13-33/h3-4,10-12,15-16,19-20H,5-9,13-14H2,1-2H3,(H2,30,31,32)/b4-3+. The Bertz CT molecular complexity index is 1550. The molecule has 1 aromatic carbocycles. The van der Waals surface area contributed by atoms with Gasteiger partial charge in [-0.05, 0) is 42.8 Å². The Morgan fingerprint density at radius 3 is 2.89 bits per heavy atom. The molecule has 0 aliphatic carbocycles. The minimum atomic E-state index is -0.753. The van der Waals surface area contributed by atoms with Crippen LogP contribution in [0.5, 0.6) is 5.75 Å². The Balaban J connectivity index is 1.27. The summed E-state index contributed by atoms with van der Waals surface area (Å²) in [5, 5.41) is 1.95. The minimum absolute atomic E-state index is 0.0127. The molecule has 2 saturated heterocycles. The van der Waals surface area contributed by atoms with E-state index < -0.39 is 6.17 Å². The average Bonchev–Trinajstić information content (AvgIpc) is 3.68. The van der Waals surface area contributed by atoms with Gasteiger partial charge in [0.15, 0.2) is 0 Å². The molecule has 0 bridgehead atoms. The second-order valence-corrected chi connectivity index (χ2v) is 11.2.